The molecule has 0 aromatic heterocycles. The predicted molar refractivity (Wildman–Crippen MR) is 140 cm³/mol. The van der Waals surface area contributed by atoms with Crippen LogP contribution in [0.2, 0.25) is 0 Å². The van der Waals surface area contributed by atoms with Crippen molar-refractivity contribution in [3.05, 3.63) is 83.4 Å². The number of para-hydroxylation sites is 1. The lowest BCUT2D eigenvalue weighted by Crippen LogP contribution is -2.58. The molecule has 0 saturated carbocycles. The Hall–Kier alpha value is -5.19. The monoisotopic (exact) mass is 542 g/mol. The van der Waals surface area contributed by atoms with Crippen LogP contribution in [-0.4, -0.2) is 65.1 Å². The first kappa shape index (κ1) is 25.1. The Kier molecular flexibility index (Phi) is 6.39. The van der Waals surface area contributed by atoms with Gasteiger partial charge in [0, 0.05) is 5.69 Å². The zero-order valence-electron chi connectivity index (χ0n) is 21.4. The van der Waals surface area contributed by atoms with E-state index in [2.05, 4.69) is 5.32 Å². The average molecular weight is 543 g/mol. The lowest BCUT2D eigenvalue weighted by molar-refractivity contribution is -0.428. The number of ether oxygens (including phenoxy) is 4. The van der Waals surface area contributed by atoms with Gasteiger partial charge in [0.1, 0.15) is 12.3 Å². The van der Waals surface area contributed by atoms with Crippen molar-refractivity contribution in [1.82, 2.24) is 4.90 Å². The van der Waals surface area contributed by atoms with Crippen molar-refractivity contribution >= 4 is 35.2 Å². The number of nitrogens with zero attached hydrogens (tertiary/aromatic N) is 2. The molecule has 3 aliphatic heterocycles. The van der Waals surface area contributed by atoms with Gasteiger partial charge in [0.25, 0.3) is 12.0 Å². The lowest BCUT2D eigenvalue weighted by Gasteiger charge is -2.24. The van der Waals surface area contributed by atoms with E-state index in [1.54, 1.807) is 61.5 Å². The molecule has 202 valence electrons. The summed E-state index contributed by atoms with van der Waals surface area (Å²) in [7, 11) is 0. The van der Waals surface area contributed by atoms with E-state index in [9.17, 15) is 19.2 Å². The second-order valence-corrected chi connectivity index (χ2v) is 9.21. The number of anilines is 1. The molecule has 4 amide bonds. The van der Waals surface area contributed by atoms with Crippen LogP contribution in [0.4, 0.5) is 10.5 Å². The average Bonchev–Trinajstić information content (AvgIpc) is 3.58. The number of nitrogens with one attached hydrogen (secondary N) is 1. The molecular weight excluding hydrogens is 518 g/mol. The summed E-state index contributed by atoms with van der Waals surface area (Å²) in [5, 5.41) is 2.74. The van der Waals surface area contributed by atoms with Gasteiger partial charge in [-0.2, -0.15) is 14.3 Å². The first-order valence-corrected chi connectivity index (χ1v) is 12.6. The summed E-state index contributed by atoms with van der Waals surface area (Å²) in [5.41, 5.74) is 2.32. The van der Waals surface area contributed by atoms with Crippen molar-refractivity contribution in [2.45, 2.75) is 19.6 Å². The van der Waals surface area contributed by atoms with Crippen LogP contribution in [0.1, 0.15) is 28.4 Å². The summed E-state index contributed by atoms with van der Waals surface area (Å²) >= 11 is 0. The van der Waals surface area contributed by atoms with E-state index < -0.39 is 29.9 Å². The molecule has 3 aromatic rings. The number of esters is 1. The molecule has 3 aromatic carbocycles. The van der Waals surface area contributed by atoms with E-state index in [0.717, 1.165) is 4.90 Å². The second-order valence-electron chi connectivity index (χ2n) is 9.21. The highest BCUT2D eigenvalue weighted by Crippen LogP contribution is 2.35. The molecule has 0 spiro atoms. The molecule has 1 atom stereocenters. The Labute approximate surface area is 228 Å². The molecule has 0 saturated heterocycles. The van der Waals surface area contributed by atoms with Gasteiger partial charge in [-0.15, -0.1) is 0 Å². The number of benzene rings is 3. The van der Waals surface area contributed by atoms with Gasteiger partial charge in [-0.1, -0.05) is 18.2 Å². The van der Waals surface area contributed by atoms with Crippen molar-refractivity contribution in [3.63, 3.8) is 0 Å². The fourth-order valence-corrected chi connectivity index (χ4v) is 4.81. The zero-order chi connectivity index (χ0) is 27.8. The van der Waals surface area contributed by atoms with Gasteiger partial charge in [-0.3, -0.25) is 4.79 Å². The number of imide groups is 1. The van der Waals surface area contributed by atoms with Crippen molar-refractivity contribution in [3.8, 4) is 17.2 Å². The molecular formula is C29H24N3O8+. The van der Waals surface area contributed by atoms with Crippen LogP contribution >= 0.6 is 0 Å². The third-order valence-electron chi connectivity index (χ3n) is 6.66. The minimum Gasteiger partial charge on any atom is -0.469 e. The number of amides is 4. The summed E-state index contributed by atoms with van der Waals surface area (Å²) in [4.78, 5) is 53.4. The van der Waals surface area contributed by atoms with E-state index >= 15 is 0 Å². The number of fused-ring (bicyclic) bond motifs is 4. The van der Waals surface area contributed by atoms with Gasteiger partial charge in [0.15, 0.2) is 23.8 Å². The first-order valence-electron chi connectivity index (χ1n) is 12.6. The molecule has 40 heavy (non-hydrogen) atoms. The molecule has 1 unspecified atom stereocenters. The van der Waals surface area contributed by atoms with E-state index in [-0.39, 0.29) is 26.5 Å². The summed E-state index contributed by atoms with van der Waals surface area (Å²) in [5.74, 6) is 0.0722. The Bertz CT molecular complexity index is 1580. The third-order valence-corrected chi connectivity index (χ3v) is 6.66. The minimum absolute atomic E-state index is 0.0504. The Balaban J connectivity index is 1.28. The zero-order valence-corrected chi connectivity index (χ0v) is 21.4. The van der Waals surface area contributed by atoms with Gasteiger partial charge in [-0.25, -0.2) is 9.59 Å². The van der Waals surface area contributed by atoms with Gasteiger partial charge in [0.05, 0.1) is 17.7 Å². The van der Waals surface area contributed by atoms with E-state index in [1.807, 2.05) is 0 Å². The second kappa shape index (κ2) is 10.2. The molecule has 11 nitrogen and oxygen atoms in total. The van der Waals surface area contributed by atoms with Crippen LogP contribution in [0.3, 0.4) is 0 Å². The number of carbonyl (C=O) groups excluding carboxylic acids is 4. The Morgan fingerprint density at radius 3 is 2.58 bits per heavy atom. The first-order chi connectivity index (χ1) is 19.4. The van der Waals surface area contributed by atoms with Crippen LogP contribution < -0.4 is 19.5 Å². The number of hydrogen-bond acceptors (Lipinski definition) is 8. The summed E-state index contributed by atoms with van der Waals surface area (Å²) in [6.45, 7) is 1.65. The van der Waals surface area contributed by atoms with Gasteiger partial charge in [0.2, 0.25) is 6.79 Å². The van der Waals surface area contributed by atoms with Gasteiger partial charge in [-0.05, 0) is 61.0 Å². The third kappa shape index (κ3) is 4.51. The highest BCUT2D eigenvalue weighted by atomic mass is 16.7. The highest BCUT2D eigenvalue weighted by Gasteiger charge is 2.54. The molecule has 0 fully saturated rings. The smallest absolute Gasteiger partial charge is 0.469 e. The highest BCUT2D eigenvalue weighted by molar-refractivity contribution is 6.22. The summed E-state index contributed by atoms with van der Waals surface area (Å²) < 4.78 is 23.0. The normalized spacial score (nSPS) is 16.8. The Morgan fingerprint density at radius 2 is 1.77 bits per heavy atom. The van der Waals surface area contributed by atoms with Crippen molar-refractivity contribution < 1.29 is 42.7 Å². The number of rotatable bonds is 7. The maximum absolute atomic E-state index is 13.8. The molecule has 3 heterocycles. The molecule has 3 aliphatic rings. The molecule has 1 N–H and O–H groups in total. The van der Waals surface area contributed by atoms with Crippen LogP contribution in [-0.2, 0) is 20.9 Å². The van der Waals surface area contributed by atoms with E-state index in [1.165, 1.54) is 16.7 Å². The minimum atomic E-state index is -1.08. The van der Waals surface area contributed by atoms with Crippen molar-refractivity contribution in [1.29, 1.82) is 0 Å². The molecule has 11 heteroatoms. The summed E-state index contributed by atoms with van der Waals surface area (Å²) in [6.07, 6.45) is -1.08. The van der Waals surface area contributed by atoms with E-state index in [0.29, 0.717) is 45.3 Å². The van der Waals surface area contributed by atoms with Crippen molar-refractivity contribution in [2.24, 2.45) is 0 Å². The quantitative estimate of drug-likeness (QED) is 0.357. The van der Waals surface area contributed by atoms with Gasteiger partial charge >= 0.3 is 17.9 Å². The van der Waals surface area contributed by atoms with E-state index in [4.69, 9.17) is 18.9 Å². The topological polar surface area (TPSA) is 123 Å². The summed E-state index contributed by atoms with van der Waals surface area (Å²) in [6, 6.07) is 17.7. The fourth-order valence-electron chi connectivity index (χ4n) is 4.81. The van der Waals surface area contributed by atoms with Crippen molar-refractivity contribution in [2.75, 3.05) is 25.3 Å². The largest absolute Gasteiger partial charge is 0.501 e. The fraction of sp³-hybridized carbons (Fsp3) is 0.207. The number of hydrogen-bond donors (Lipinski definition) is 1. The number of carbonyl (C=O) groups is 4. The maximum Gasteiger partial charge on any atom is 0.501 e. The predicted octanol–water partition coefficient (Wildman–Crippen LogP) is 2.96. The SMILES string of the molecule is CCOC(=O)c1ccc(NC(=O)C[N+]2=C3c4ccccc4OC3C(=O)N(Cc3ccc4c(c3)OCO4)C2=O)cc1. The van der Waals surface area contributed by atoms with Crippen LogP contribution in [0.15, 0.2) is 66.7 Å². The van der Waals surface area contributed by atoms with Crippen LogP contribution in [0, 0.1) is 0 Å². The van der Waals surface area contributed by atoms with Gasteiger partial charge < -0.3 is 24.3 Å². The maximum atomic E-state index is 13.8. The molecule has 0 radical (unpaired) electrons. The van der Waals surface area contributed by atoms with Crippen LogP contribution in [0.5, 0.6) is 17.2 Å². The molecule has 0 aliphatic carbocycles. The van der Waals surface area contributed by atoms with Crippen LogP contribution in [0.25, 0.3) is 0 Å². The standard InChI is InChI=1S/C29H23N3O8/c1-2-37-28(35)18-8-10-19(11-9-18)30-24(33)15-31-25-20-5-3-4-6-21(20)40-26(25)27(34)32(29(31)36)14-17-7-12-22-23(13-17)39-16-38-22/h3-13,26H,2,14-16H2,1H3/p+1. The lowest BCUT2D eigenvalue weighted by atomic mass is 10.0. The molecule has 6 rings (SSSR count). The number of urea groups is 1. The molecule has 0 bridgehead atoms. The Morgan fingerprint density at radius 1 is 1.00 bits per heavy atom.